The van der Waals surface area contributed by atoms with Crippen molar-refractivity contribution in [3.05, 3.63) is 36.0 Å². The molecule has 0 unspecified atom stereocenters. The van der Waals surface area contributed by atoms with Crippen LogP contribution in [0.25, 0.3) is 0 Å². The van der Waals surface area contributed by atoms with Crippen molar-refractivity contribution in [3.63, 3.8) is 0 Å². The number of ether oxygens (including phenoxy) is 2. The molecule has 0 spiro atoms. The SMILES string of the molecule is CCOc1ccc(OCc2nnc(CCO)o2)cc1. The lowest BCUT2D eigenvalue weighted by molar-refractivity contribution is 0.249. The lowest BCUT2D eigenvalue weighted by atomic mass is 10.3. The number of hydrogen-bond acceptors (Lipinski definition) is 6. The Hall–Kier alpha value is -2.08. The highest BCUT2D eigenvalue weighted by atomic mass is 16.5. The molecule has 6 heteroatoms. The van der Waals surface area contributed by atoms with E-state index in [1.807, 2.05) is 31.2 Å². The quantitative estimate of drug-likeness (QED) is 0.818. The van der Waals surface area contributed by atoms with Gasteiger partial charge in [0.2, 0.25) is 5.89 Å². The summed E-state index contributed by atoms with van der Waals surface area (Å²) >= 11 is 0. The number of aliphatic hydroxyl groups excluding tert-OH is 1. The van der Waals surface area contributed by atoms with Gasteiger partial charge in [-0.2, -0.15) is 0 Å². The maximum Gasteiger partial charge on any atom is 0.253 e. The predicted octanol–water partition coefficient (Wildman–Crippen LogP) is 1.58. The average molecular weight is 264 g/mol. The van der Waals surface area contributed by atoms with Crippen LogP contribution in [0.3, 0.4) is 0 Å². The van der Waals surface area contributed by atoms with Crippen molar-refractivity contribution in [2.24, 2.45) is 0 Å². The number of aliphatic hydroxyl groups is 1. The van der Waals surface area contributed by atoms with Gasteiger partial charge in [-0.25, -0.2) is 0 Å². The fourth-order valence-electron chi connectivity index (χ4n) is 1.49. The molecule has 0 bridgehead atoms. The van der Waals surface area contributed by atoms with Gasteiger partial charge in [0.25, 0.3) is 5.89 Å². The first-order chi connectivity index (χ1) is 9.31. The van der Waals surface area contributed by atoms with Gasteiger partial charge in [0.1, 0.15) is 11.5 Å². The third kappa shape index (κ3) is 3.96. The van der Waals surface area contributed by atoms with Crippen molar-refractivity contribution in [2.45, 2.75) is 20.0 Å². The Morgan fingerprint density at radius 1 is 1.05 bits per heavy atom. The Kier molecular flexibility index (Phi) is 4.74. The highest BCUT2D eigenvalue weighted by Crippen LogP contribution is 2.18. The molecule has 102 valence electrons. The molecule has 1 aromatic carbocycles. The van der Waals surface area contributed by atoms with E-state index >= 15 is 0 Å². The van der Waals surface area contributed by atoms with Crippen molar-refractivity contribution >= 4 is 0 Å². The fraction of sp³-hybridized carbons (Fsp3) is 0.385. The summed E-state index contributed by atoms with van der Waals surface area (Å²) in [5, 5.41) is 16.3. The zero-order valence-electron chi connectivity index (χ0n) is 10.7. The molecule has 0 aliphatic heterocycles. The topological polar surface area (TPSA) is 77.6 Å². The summed E-state index contributed by atoms with van der Waals surface area (Å²) in [6.07, 6.45) is 0.357. The summed E-state index contributed by atoms with van der Waals surface area (Å²) in [6.45, 7) is 2.76. The molecule has 0 saturated heterocycles. The van der Waals surface area contributed by atoms with Crippen LogP contribution >= 0.6 is 0 Å². The summed E-state index contributed by atoms with van der Waals surface area (Å²) < 4.78 is 16.1. The smallest absolute Gasteiger partial charge is 0.253 e. The average Bonchev–Trinajstić information content (AvgIpc) is 2.87. The van der Waals surface area contributed by atoms with Crippen molar-refractivity contribution < 1.29 is 19.0 Å². The molecular formula is C13H16N2O4. The molecule has 0 aliphatic rings. The lowest BCUT2D eigenvalue weighted by Gasteiger charge is -2.05. The first kappa shape index (κ1) is 13.4. The van der Waals surface area contributed by atoms with Crippen molar-refractivity contribution in [1.82, 2.24) is 10.2 Å². The minimum absolute atomic E-state index is 0.0125. The number of rotatable bonds is 7. The first-order valence-electron chi connectivity index (χ1n) is 6.09. The summed E-state index contributed by atoms with van der Waals surface area (Å²) in [6, 6.07) is 7.31. The number of benzene rings is 1. The zero-order valence-corrected chi connectivity index (χ0v) is 10.7. The largest absolute Gasteiger partial charge is 0.494 e. The Bertz CT molecular complexity index is 496. The fourth-order valence-corrected chi connectivity index (χ4v) is 1.49. The third-order valence-electron chi connectivity index (χ3n) is 2.33. The van der Waals surface area contributed by atoms with Gasteiger partial charge in [-0.3, -0.25) is 0 Å². The van der Waals surface area contributed by atoms with Gasteiger partial charge >= 0.3 is 0 Å². The second-order valence-electron chi connectivity index (χ2n) is 3.76. The normalized spacial score (nSPS) is 10.4. The Morgan fingerprint density at radius 2 is 1.68 bits per heavy atom. The van der Waals surface area contributed by atoms with E-state index in [0.29, 0.717) is 30.6 Å². The van der Waals surface area contributed by atoms with E-state index in [-0.39, 0.29) is 13.2 Å². The maximum absolute atomic E-state index is 8.74. The molecule has 1 N–H and O–H groups in total. The van der Waals surface area contributed by atoms with Gasteiger partial charge in [0.15, 0.2) is 6.61 Å². The molecular weight excluding hydrogens is 248 g/mol. The summed E-state index contributed by atoms with van der Waals surface area (Å²) in [7, 11) is 0. The molecule has 0 atom stereocenters. The summed E-state index contributed by atoms with van der Waals surface area (Å²) in [4.78, 5) is 0. The van der Waals surface area contributed by atoms with Gasteiger partial charge in [0.05, 0.1) is 13.2 Å². The number of aromatic nitrogens is 2. The van der Waals surface area contributed by atoms with Gasteiger partial charge in [-0.05, 0) is 31.2 Å². The van der Waals surface area contributed by atoms with Crippen LogP contribution in [0.2, 0.25) is 0 Å². The minimum Gasteiger partial charge on any atom is -0.494 e. The summed E-state index contributed by atoms with van der Waals surface area (Å²) in [5.74, 6) is 2.30. The van der Waals surface area contributed by atoms with E-state index in [9.17, 15) is 0 Å². The Labute approximate surface area is 111 Å². The monoisotopic (exact) mass is 264 g/mol. The molecule has 6 nitrogen and oxygen atoms in total. The summed E-state index contributed by atoms with van der Waals surface area (Å²) in [5.41, 5.74) is 0. The van der Waals surface area contributed by atoms with Crippen LogP contribution in [-0.2, 0) is 13.0 Å². The van der Waals surface area contributed by atoms with Gasteiger partial charge < -0.3 is 19.0 Å². The Balaban J connectivity index is 1.86. The zero-order chi connectivity index (χ0) is 13.5. The maximum atomic E-state index is 8.74. The van der Waals surface area contributed by atoms with Crippen LogP contribution < -0.4 is 9.47 Å². The minimum atomic E-state index is -0.0125. The van der Waals surface area contributed by atoms with Gasteiger partial charge in [-0.15, -0.1) is 10.2 Å². The van der Waals surface area contributed by atoms with E-state index in [2.05, 4.69) is 10.2 Å². The lowest BCUT2D eigenvalue weighted by Crippen LogP contribution is -1.96. The highest BCUT2D eigenvalue weighted by molar-refractivity contribution is 5.31. The molecule has 0 amide bonds. The Morgan fingerprint density at radius 3 is 2.32 bits per heavy atom. The van der Waals surface area contributed by atoms with Crippen LogP contribution in [0.1, 0.15) is 18.7 Å². The number of nitrogens with zero attached hydrogens (tertiary/aromatic N) is 2. The molecule has 1 heterocycles. The molecule has 0 saturated carbocycles. The van der Waals surface area contributed by atoms with E-state index in [1.54, 1.807) is 0 Å². The van der Waals surface area contributed by atoms with Gasteiger partial charge in [0, 0.05) is 6.42 Å². The van der Waals surface area contributed by atoms with E-state index < -0.39 is 0 Å². The van der Waals surface area contributed by atoms with E-state index in [0.717, 1.165) is 5.75 Å². The first-order valence-corrected chi connectivity index (χ1v) is 6.09. The molecule has 2 rings (SSSR count). The van der Waals surface area contributed by atoms with Crippen molar-refractivity contribution in [2.75, 3.05) is 13.2 Å². The van der Waals surface area contributed by atoms with E-state index in [4.69, 9.17) is 19.0 Å². The van der Waals surface area contributed by atoms with Crippen LogP contribution in [-0.4, -0.2) is 28.5 Å². The molecule has 1 aromatic heterocycles. The molecule has 0 fully saturated rings. The third-order valence-corrected chi connectivity index (χ3v) is 2.33. The number of hydrogen-bond donors (Lipinski definition) is 1. The highest BCUT2D eigenvalue weighted by Gasteiger charge is 2.06. The van der Waals surface area contributed by atoms with E-state index in [1.165, 1.54) is 0 Å². The van der Waals surface area contributed by atoms with Gasteiger partial charge in [-0.1, -0.05) is 0 Å². The van der Waals surface area contributed by atoms with Crippen molar-refractivity contribution in [1.29, 1.82) is 0 Å². The molecule has 0 radical (unpaired) electrons. The standard InChI is InChI=1S/C13H16N2O4/c1-2-17-10-3-5-11(6-4-10)18-9-13-15-14-12(19-13)7-8-16/h3-6,16H,2,7-9H2,1H3. The van der Waals surface area contributed by atoms with Crippen LogP contribution in [0, 0.1) is 0 Å². The van der Waals surface area contributed by atoms with Crippen LogP contribution in [0.5, 0.6) is 11.5 Å². The van der Waals surface area contributed by atoms with Crippen molar-refractivity contribution in [3.8, 4) is 11.5 Å². The van der Waals surface area contributed by atoms with Crippen LogP contribution in [0.15, 0.2) is 28.7 Å². The predicted molar refractivity (Wildman–Crippen MR) is 67.0 cm³/mol. The molecule has 2 aromatic rings. The molecule has 19 heavy (non-hydrogen) atoms. The second-order valence-corrected chi connectivity index (χ2v) is 3.76. The van der Waals surface area contributed by atoms with Crippen LogP contribution in [0.4, 0.5) is 0 Å². The second kappa shape index (κ2) is 6.75. The molecule has 0 aliphatic carbocycles.